The number of aryl methyl sites for hydroxylation is 2. The lowest BCUT2D eigenvalue weighted by atomic mass is 10.1. The molecule has 0 aliphatic carbocycles. The van der Waals surface area contributed by atoms with E-state index in [-0.39, 0.29) is 0 Å². The predicted molar refractivity (Wildman–Crippen MR) is 85.1 cm³/mol. The van der Waals surface area contributed by atoms with Crippen molar-refractivity contribution in [3.63, 3.8) is 0 Å². The highest BCUT2D eigenvalue weighted by atomic mass is 15.4. The summed E-state index contributed by atoms with van der Waals surface area (Å²) in [6.45, 7) is 9.16. The van der Waals surface area contributed by atoms with Gasteiger partial charge >= 0.3 is 0 Å². The van der Waals surface area contributed by atoms with Crippen molar-refractivity contribution in [2.45, 2.75) is 40.2 Å². The van der Waals surface area contributed by atoms with E-state index in [0.29, 0.717) is 6.04 Å². The number of benzene rings is 1. The molecule has 0 amide bonds. The summed E-state index contributed by atoms with van der Waals surface area (Å²) in [4.78, 5) is 0. The molecular formula is C16H24N4. The number of hydrogen-bond acceptors (Lipinski definition) is 3. The van der Waals surface area contributed by atoms with Crippen LogP contribution >= 0.6 is 0 Å². The van der Waals surface area contributed by atoms with Crippen LogP contribution in [0.15, 0.2) is 24.3 Å². The molecule has 2 rings (SSSR count). The van der Waals surface area contributed by atoms with Gasteiger partial charge < -0.3 is 11.1 Å². The maximum absolute atomic E-state index is 6.10. The molecule has 0 unspecified atom stereocenters. The highest BCUT2D eigenvalue weighted by Gasteiger charge is 2.14. The number of nitrogen functional groups attached to an aromatic ring is 1. The van der Waals surface area contributed by atoms with Gasteiger partial charge in [-0.15, -0.1) is 0 Å². The van der Waals surface area contributed by atoms with Gasteiger partial charge in [-0.25, -0.2) is 4.68 Å². The van der Waals surface area contributed by atoms with Crippen molar-refractivity contribution < 1.29 is 0 Å². The molecule has 0 spiro atoms. The molecule has 108 valence electrons. The second-order valence-electron chi connectivity index (χ2n) is 5.49. The van der Waals surface area contributed by atoms with E-state index in [0.717, 1.165) is 30.2 Å². The average Bonchev–Trinajstić information content (AvgIpc) is 2.69. The van der Waals surface area contributed by atoms with Crippen LogP contribution in [0.3, 0.4) is 0 Å². The topological polar surface area (TPSA) is 55.9 Å². The van der Waals surface area contributed by atoms with Crippen LogP contribution in [0.2, 0.25) is 0 Å². The Balaban J connectivity index is 2.06. The maximum atomic E-state index is 6.10. The lowest BCUT2D eigenvalue weighted by Crippen LogP contribution is -2.13. The van der Waals surface area contributed by atoms with Crippen molar-refractivity contribution in [1.82, 2.24) is 9.78 Å². The van der Waals surface area contributed by atoms with Crippen molar-refractivity contribution in [2.24, 2.45) is 0 Å². The molecule has 0 radical (unpaired) electrons. The third kappa shape index (κ3) is 2.95. The van der Waals surface area contributed by atoms with E-state index in [1.54, 1.807) is 0 Å². The summed E-state index contributed by atoms with van der Waals surface area (Å²) in [7, 11) is 0. The van der Waals surface area contributed by atoms with E-state index in [1.807, 2.05) is 11.6 Å². The molecule has 0 bridgehead atoms. The number of rotatable bonds is 5. The van der Waals surface area contributed by atoms with E-state index < -0.39 is 0 Å². The largest absolute Gasteiger partial charge is 0.394 e. The van der Waals surface area contributed by atoms with Crippen molar-refractivity contribution in [1.29, 1.82) is 0 Å². The molecule has 0 saturated carbocycles. The van der Waals surface area contributed by atoms with Gasteiger partial charge in [0.1, 0.15) is 5.82 Å². The average molecular weight is 272 g/mol. The minimum Gasteiger partial charge on any atom is -0.394 e. The molecule has 0 aliphatic rings. The van der Waals surface area contributed by atoms with Crippen LogP contribution in [-0.2, 0) is 6.42 Å². The molecule has 20 heavy (non-hydrogen) atoms. The van der Waals surface area contributed by atoms with Gasteiger partial charge in [-0.3, -0.25) is 0 Å². The van der Waals surface area contributed by atoms with Crippen LogP contribution in [0, 0.1) is 13.8 Å². The van der Waals surface area contributed by atoms with Crippen LogP contribution in [0.1, 0.15) is 36.7 Å². The lowest BCUT2D eigenvalue weighted by Gasteiger charge is -2.14. The Bertz CT molecular complexity index is 584. The number of aromatic nitrogens is 2. The Morgan fingerprint density at radius 3 is 2.60 bits per heavy atom. The van der Waals surface area contributed by atoms with Crippen molar-refractivity contribution >= 4 is 11.5 Å². The SMILES string of the molecule is Cc1ccccc1CCNc1c(N)c(C)nn1C(C)C. The number of nitrogens with two attached hydrogens (primary N) is 1. The number of nitrogens with one attached hydrogen (secondary N) is 1. The molecule has 4 nitrogen and oxygen atoms in total. The van der Waals surface area contributed by atoms with E-state index in [2.05, 4.69) is 55.5 Å². The van der Waals surface area contributed by atoms with Gasteiger partial charge in [0.15, 0.2) is 0 Å². The molecule has 1 aromatic carbocycles. The first-order chi connectivity index (χ1) is 9.50. The monoisotopic (exact) mass is 272 g/mol. The Hall–Kier alpha value is -1.97. The fraction of sp³-hybridized carbons (Fsp3) is 0.438. The smallest absolute Gasteiger partial charge is 0.148 e. The molecule has 0 fully saturated rings. The first kappa shape index (κ1) is 14.4. The van der Waals surface area contributed by atoms with Gasteiger partial charge in [0.2, 0.25) is 0 Å². The van der Waals surface area contributed by atoms with Crippen LogP contribution < -0.4 is 11.1 Å². The summed E-state index contributed by atoms with van der Waals surface area (Å²) in [5, 5.41) is 7.92. The normalized spacial score (nSPS) is 11.1. The Kier molecular flexibility index (Phi) is 4.32. The van der Waals surface area contributed by atoms with E-state index in [9.17, 15) is 0 Å². The third-order valence-electron chi connectivity index (χ3n) is 3.57. The van der Waals surface area contributed by atoms with Gasteiger partial charge in [-0.2, -0.15) is 5.10 Å². The first-order valence-corrected chi connectivity index (χ1v) is 7.13. The second kappa shape index (κ2) is 5.99. The zero-order valence-corrected chi connectivity index (χ0v) is 12.8. The van der Waals surface area contributed by atoms with Gasteiger partial charge in [0.05, 0.1) is 11.4 Å². The van der Waals surface area contributed by atoms with Crippen molar-refractivity contribution in [2.75, 3.05) is 17.6 Å². The van der Waals surface area contributed by atoms with Crippen LogP contribution in [0.5, 0.6) is 0 Å². The molecule has 0 atom stereocenters. The van der Waals surface area contributed by atoms with Gasteiger partial charge in [0, 0.05) is 12.6 Å². The number of nitrogens with zero attached hydrogens (tertiary/aromatic N) is 2. The Labute approximate surface area is 121 Å². The summed E-state index contributed by atoms with van der Waals surface area (Å²) < 4.78 is 1.96. The standard InChI is InChI=1S/C16H24N4/c1-11(2)20-16(15(17)13(4)19-20)18-10-9-14-8-6-5-7-12(14)3/h5-8,11,18H,9-10,17H2,1-4H3. The van der Waals surface area contributed by atoms with Gasteiger partial charge in [-0.05, 0) is 45.2 Å². The molecule has 2 aromatic rings. The van der Waals surface area contributed by atoms with E-state index in [1.165, 1.54) is 11.1 Å². The van der Waals surface area contributed by atoms with E-state index >= 15 is 0 Å². The highest BCUT2D eigenvalue weighted by molar-refractivity contribution is 5.64. The fourth-order valence-electron chi connectivity index (χ4n) is 2.32. The minimum atomic E-state index is 0.298. The number of anilines is 2. The minimum absolute atomic E-state index is 0.298. The van der Waals surface area contributed by atoms with Crippen LogP contribution in [0.25, 0.3) is 0 Å². The maximum Gasteiger partial charge on any atom is 0.148 e. The Morgan fingerprint density at radius 1 is 1.25 bits per heavy atom. The molecular weight excluding hydrogens is 248 g/mol. The number of hydrogen-bond donors (Lipinski definition) is 2. The molecule has 0 saturated heterocycles. The zero-order valence-electron chi connectivity index (χ0n) is 12.8. The Morgan fingerprint density at radius 2 is 1.95 bits per heavy atom. The molecule has 4 heteroatoms. The zero-order chi connectivity index (χ0) is 14.7. The first-order valence-electron chi connectivity index (χ1n) is 7.13. The fourth-order valence-corrected chi connectivity index (χ4v) is 2.32. The second-order valence-corrected chi connectivity index (χ2v) is 5.49. The predicted octanol–water partition coefficient (Wildman–Crippen LogP) is 3.32. The molecule has 3 N–H and O–H groups in total. The summed E-state index contributed by atoms with van der Waals surface area (Å²) in [5.74, 6) is 0.936. The quantitative estimate of drug-likeness (QED) is 0.878. The molecule has 1 heterocycles. The van der Waals surface area contributed by atoms with Crippen LogP contribution in [0.4, 0.5) is 11.5 Å². The van der Waals surface area contributed by atoms with Gasteiger partial charge in [0.25, 0.3) is 0 Å². The summed E-state index contributed by atoms with van der Waals surface area (Å²) in [5.41, 5.74) is 10.4. The highest BCUT2D eigenvalue weighted by Crippen LogP contribution is 2.25. The van der Waals surface area contributed by atoms with Gasteiger partial charge in [-0.1, -0.05) is 24.3 Å². The summed E-state index contributed by atoms with van der Waals surface area (Å²) >= 11 is 0. The van der Waals surface area contributed by atoms with E-state index in [4.69, 9.17) is 5.73 Å². The van der Waals surface area contributed by atoms with Crippen molar-refractivity contribution in [3.8, 4) is 0 Å². The van der Waals surface area contributed by atoms with Crippen LogP contribution in [-0.4, -0.2) is 16.3 Å². The molecule has 1 aromatic heterocycles. The molecule has 0 aliphatic heterocycles. The summed E-state index contributed by atoms with van der Waals surface area (Å²) in [6.07, 6.45) is 0.981. The summed E-state index contributed by atoms with van der Waals surface area (Å²) in [6, 6.07) is 8.77. The lowest BCUT2D eigenvalue weighted by molar-refractivity contribution is 0.534. The van der Waals surface area contributed by atoms with Crippen molar-refractivity contribution in [3.05, 3.63) is 41.1 Å². The third-order valence-corrected chi connectivity index (χ3v) is 3.57.